The highest BCUT2D eigenvalue weighted by atomic mass is 35.5. The number of carbonyl (C=O) groups excluding carboxylic acids is 2. The van der Waals surface area contributed by atoms with Crippen molar-refractivity contribution >= 4 is 29.1 Å². The zero-order valence-corrected chi connectivity index (χ0v) is 17.2. The Balaban J connectivity index is 1.35. The van der Waals surface area contributed by atoms with Crippen LogP contribution in [0.2, 0.25) is 5.02 Å². The van der Waals surface area contributed by atoms with Crippen molar-refractivity contribution in [3.63, 3.8) is 0 Å². The summed E-state index contributed by atoms with van der Waals surface area (Å²) in [5.74, 6) is -1.03. The first-order chi connectivity index (χ1) is 15.1. The predicted molar refractivity (Wildman–Crippen MR) is 117 cm³/mol. The molecule has 0 atom stereocenters. The highest BCUT2D eigenvalue weighted by Gasteiger charge is 2.18. The summed E-state index contributed by atoms with van der Waals surface area (Å²) in [6.45, 7) is 0.0475. The van der Waals surface area contributed by atoms with Crippen molar-refractivity contribution in [3.05, 3.63) is 89.2 Å². The van der Waals surface area contributed by atoms with Gasteiger partial charge in [-0.25, -0.2) is 14.3 Å². The molecular formula is C23H19ClN4O3. The van der Waals surface area contributed by atoms with E-state index in [0.29, 0.717) is 23.6 Å². The average Bonchev–Trinajstić information content (AvgIpc) is 3.24. The second kappa shape index (κ2) is 9.40. The average molecular weight is 435 g/mol. The second-order valence-electron chi connectivity index (χ2n) is 6.79. The van der Waals surface area contributed by atoms with Crippen molar-refractivity contribution in [1.82, 2.24) is 19.9 Å². The molecule has 8 heteroatoms. The van der Waals surface area contributed by atoms with Crippen LogP contribution in [0.5, 0.6) is 0 Å². The molecule has 0 radical (unpaired) electrons. The van der Waals surface area contributed by atoms with E-state index in [9.17, 15) is 9.59 Å². The van der Waals surface area contributed by atoms with Crippen LogP contribution in [0.1, 0.15) is 15.9 Å². The molecule has 1 N–H and O–H groups in total. The Morgan fingerprint density at radius 2 is 1.81 bits per heavy atom. The summed E-state index contributed by atoms with van der Waals surface area (Å²) in [7, 11) is 0. The van der Waals surface area contributed by atoms with E-state index in [1.807, 2.05) is 48.5 Å². The minimum Gasteiger partial charge on any atom is -0.452 e. The number of rotatable bonds is 7. The van der Waals surface area contributed by atoms with Crippen LogP contribution < -0.4 is 5.32 Å². The van der Waals surface area contributed by atoms with Crippen LogP contribution in [0, 0.1) is 0 Å². The van der Waals surface area contributed by atoms with Gasteiger partial charge in [-0.2, -0.15) is 5.10 Å². The number of nitrogens with zero attached hydrogens (tertiary/aromatic N) is 3. The number of amides is 1. The van der Waals surface area contributed by atoms with E-state index in [1.54, 1.807) is 22.8 Å². The molecule has 4 rings (SSSR count). The molecule has 1 amide bonds. The molecule has 4 aromatic rings. The fourth-order valence-corrected chi connectivity index (χ4v) is 3.25. The van der Waals surface area contributed by atoms with E-state index in [0.717, 1.165) is 16.8 Å². The van der Waals surface area contributed by atoms with Crippen LogP contribution in [0.15, 0.2) is 73.1 Å². The zero-order valence-electron chi connectivity index (χ0n) is 16.5. The van der Waals surface area contributed by atoms with Crippen LogP contribution in [0.25, 0.3) is 16.9 Å². The summed E-state index contributed by atoms with van der Waals surface area (Å²) < 4.78 is 6.74. The van der Waals surface area contributed by atoms with Gasteiger partial charge in [-0.1, -0.05) is 54.1 Å². The molecule has 0 aliphatic heterocycles. The maximum atomic E-state index is 12.5. The molecule has 0 aliphatic rings. The first kappa shape index (κ1) is 20.6. The highest BCUT2D eigenvalue weighted by Crippen LogP contribution is 2.21. The fraction of sp³-hybridized carbons (Fsp3) is 0.130. The lowest BCUT2D eigenvalue weighted by Crippen LogP contribution is -2.30. The third-order valence-corrected chi connectivity index (χ3v) is 4.93. The maximum absolute atomic E-state index is 12.5. The van der Waals surface area contributed by atoms with E-state index in [1.165, 1.54) is 6.20 Å². The van der Waals surface area contributed by atoms with E-state index >= 15 is 0 Å². The summed E-state index contributed by atoms with van der Waals surface area (Å²) in [5.41, 5.74) is 3.36. The molecule has 31 heavy (non-hydrogen) atoms. The van der Waals surface area contributed by atoms with Crippen molar-refractivity contribution in [1.29, 1.82) is 0 Å². The van der Waals surface area contributed by atoms with Gasteiger partial charge < -0.3 is 10.1 Å². The number of fused-ring (bicyclic) bond motifs is 1. The van der Waals surface area contributed by atoms with Gasteiger partial charge in [0.25, 0.3) is 5.91 Å². The quantitative estimate of drug-likeness (QED) is 0.449. The Morgan fingerprint density at radius 3 is 2.58 bits per heavy atom. The number of nitrogens with one attached hydrogen (secondary N) is 1. The predicted octanol–water partition coefficient (Wildman–Crippen LogP) is 3.57. The Labute approximate surface area is 183 Å². The van der Waals surface area contributed by atoms with Crippen LogP contribution >= 0.6 is 11.6 Å². The number of hydrogen-bond acceptors (Lipinski definition) is 5. The molecular weight excluding hydrogens is 416 g/mol. The van der Waals surface area contributed by atoms with Crippen molar-refractivity contribution < 1.29 is 14.3 Å². The zero-order chi connectivity index (χ0) is 21.6. The number of esters is 1. The minimum absolute atomic E-state index is 0.201. The summed E-state index contributed by atoms with van der Waals surface area (Å²) in [5, 5.41) is 7.67. The number of carbonyl (C=O) groups is 2. The Kier molecular flexibility index (Phi) is 6.24. The minimum atomic E-state index is -0.652. The van der Waals surface area contributed by atoms with Gasteiger partial charge in [0.15, 0.2) is 12.3 Å². The van der Waals surface area contributed by atoms with Gasteiger partial charge >= 0.3 is 5.97 Å². The molecule has 2 aromatic carbocycles. The molecule has 0 spiro atoms. The van der Waals surface area contributed by atoms with E-state index in [2.05, 4.69) is 15.4 Å². The Bertz CT molecular complexity index is 1210. The molecule has 0 saturated carbocycles. The molecule has 2 aromatic heterocycles. The van der Waals surface area contributed by atoms with Gasteiger partial charge in [0.05, 0.1) is 11.9 Å². The molecule has 0 bridgehead atoms. The molecule has 2 heterocycles. The van der Waals surface area contributed by atoms with Crippen molar-refractivity contribution in [3.8, 4) is 11.3 Å². The summed E-state index contributed by atoms with van der Waals surface area (Å²) in [4.78, 5) is 28.8. The van der Waals surface area contributed by atoms with Gasteiger partial charge in [0.1, 0.15) is 5.56 Å². The first-order valence-electron chi connectivity index (χ1n) is 9.68. The van der Waals surface area contributed by atoms with Crippen molar-refractivity contribution in [2.24, 2.45) is 0 Å². The molecule has 156 valence electrons. The van der Waals surface area contributed by atoms with Gasteiger partial charge in [-0.3, -0.25) is 4.79 Å². The lowest BCUT2D eigenvalue weighted by Gasteiger charge is -2.07. The standard InChI is InChI=1S/C23H19ClN4O3/c24-18-8-6-16(7-9-18)10-12-25-21(29)15-31-23(30)19-14-27-28-20(11-13-26-22(19)28)17-4-2-1-3-5-17/h1-9,11,13-14H,10,12,15H2,(H,25,29). The third-order valence-electron chi connectivity index (χ3n) is 4.67. The van der Waals surface area contributed by atoms with Crippen molar-refractivity contribution in [2.45, 2.75) is 6.42 Å². The summed E-state index contributed by atoms with van der Waals surface area (Å²) in [6, 6.07) is 18.9. The van der Waals surface area contributed by atoms with E-state index in [-0.39, 0.29) is 18.1 Å². The van der Waals surface area contributed by atoms with Crippen LogP contribution in [-0.4, -0.2) is 39.6 Å². The van der Waals surface area contributed by atoms with Crippen LogP contribution in [0.3, 0.4) is 0 Å². The number of aromatic nitrogens is 3. The number of ether oxygens (including phenoxy) is 1. The van der Waals surface area contributed by atoms with Crippen LogP contribution in [0.4, 0.5) is 0 Å². The molecule has 7 nitrogen and oxygen atoms in total. The van der Waals surface area contributed by atoms with Gasteiger partial charge in [-0.05, 0) is 30.2 Å². The molecule has 0 unspecified atom stereocenters. The van der Waals surface area contributed by atoms with Gasteiger partial charge in [0.2, 0.25) is 0 Å². The molecule has 0 saturated heterocycles. The lowest BCUT2D eigenvalue weighted by molar-refractivity contribution is -0.124. The maximum Gasteiger partial charge on any atom is 0.344 e. The van der Waals surface area contributed by atoms with Crippen LogP contribution in [-0.2, 0) is 16.0 Å². The lowest BCUT2D eigenvalue weighted by atomic mass is 10.1. The summed E-state index contributed by atoms with van der Waals surface area (Å²) in [6.07, 6.45) is 3.66. The van der Waals surface area contributed by atoms with E-state index < -0.39 is 5.97 Å². The first-order valence-corrected chi connectivity index (χ1v) is 10.1. The van der Waals surface area contributed by atoms with Gasteiger partial charge in [0, 0.05) is 23.3 Å². The number of benzene rings is 2. The molecule has 0 fully saturated rings. The third kappa shape index (κ3) is 4.90. The SMILES string of the molecule is O=C(COC(=O)c1cnn2c(-c3ccccc3)ccnc12)NCCc1ccc(Cl)cc1. The van der Waals surface area contributed by atoms with Crippen molar-refractivity contribution in [2.75, 3.05) is 13.2 Å². The smallest absolute Gasteiger partial charge is 0.344 e. The number of hydrogen-bond donors (Lipinski definition) is 1. The molecule has 0 aliphatic carbocycles. The Morgan fingerprint density at radius 1 is 1.03 bits per heavy atom. The van der Waals surface area contributed by atoms with Gasteiger partial charge in [-0.15, -0.1) is 0 Å². The fourth-order valence-electron chi connectivity index (χ4n) is 3.12. The highest BCUT2D eigenvalue weighted by molar-refractivity contribution is 6.30. The number of halogens is 1. The largest absolute Gasteiger partial charge is 0.452 e. The monoisotopic (exact) mass is 434 g/mol. The topological polar surface area (TPSA) is 85.6 Å². The second-order valence-corrected chi connectivity index (χ2v) is 7.23. The normalized spacial score (nSPS) is 10.7. The summed E-state index contributed by atoms with van der Waals surface area (Å²) >= 11 is 5.86. The Hall–Kier alpha value is -3.71. The van der Waals surface area contributed by atoms with E-state index in [4.69, 9.17) is 16.3 Å².